The lowest BCUT2D eigenvalue weighted by atomic mass is 9.83. The normalized spacial score (nSPS) is 41.2. The van der Waals surface area contributed by atoms with Gasteiger partial charge >= 0.3 is 0 Å². The Labute approximate surface area is 459 Å². The first-order valence-electron chi connectivity index (χ1n) is 29.3. The molecule has 0 saturated carbocycles. The minimum Gasteiger partial charge on any atom is -0.393 e. The summed E-state index contributed by atoms with van der Waals surface area (Å²) in [7, 11) is 0. The molecule has 0 aliphatic carbocycles. The zero-order valence-corrected chi connectivity index (χ0v) is 47.3. The molecule has 0 aromatic carbocycles. The topological polar surface area (TPSA) is 141 Å². The molecule has 9 heterocycles. The molecule has 430 valence electrons. The smallest absolute Gasteiger partial charge is 0.223 e. The van der Waals surface area contributed by atoms with E-state index in [0.29, 0.717) is 19.1 Å². The number of allylic oxidation sites excluding steroid dienone is 1. The van der Waals surface area contributed by atoms with Crippen LogP contribution in [-0.4, -0.2) is 156 Å². The maximum Gasteiger partial charge on any atom is 0.223 e. The summed E-state index contributed by atoms with van der Waals surface area (Å²) in [5.41, 5.74) is -1.36. The van der Waals surface area contributed by atoms with Crippen LogP contribution in [0.25, 0.3) is 19.4 Å². The third-order valence-electron chi connectivity index (χ3n) is 17.8. The van der Waals surface area contributed by atoms with Crippen LogP contribution in [0.15, 0.2) is 12.2 Å². The molecule has 2 bridgehead atoms. The van der Waals surface area contributed by atoms with E-state index in [0.717, 1.165) is 122 Å². The quantitative estimate of drug-likeness (QED) is 0.113. The Bertz CT molecular complexity index is 1900. The molecule has 9 fully saturated rings. The van der Waals surface area contributed by atoms with E-state index in [-0.39, 0.29) is 129 Å². The van der Waals surface area contributed by atoms with Gasteiger partial charge in [0.1, 0.15) is 16.8 Å². The van der Waals surface area contributed by atoms with Gasteiger partial charge in [-0.1, -0.05) is 53.2 Å². The lowest BCUT2D eigenvalue weighted by Crippen LogP contribution is -2.53. The Morgan fingerprint density at radius 2 is 0.934 bits per heavy atom. The Kier molecular flexibility index (Phi) is 25.0. The Morgan fingerprint density at radius 3 is 1.37 bits per heavy atom. The van der Waals surface area contributed by atoms with Crippen LogP contribution in [0.5, 0.6) is 0 Å². The molecule has 1 spiro atoms. The van der Waals surface area contributed by atoms with Crippen LogP contribution in [0.2, 0.25) is 0 Å². The van der Waals surface area contributed by atoms with Gasteiger partial charge in [-0.05, 0) is 84.5 Å². The number of ether oxygens (including phenoxy) is 9. The number of nitrogens with zero attached hydrogens (tertiary/aromatic N) is 4. The van der Waals surface area contributed by atoms with Crippen molar-refractivity contribution in [1.29, 1.82) is 0 Å². The van der Waals surface area contributed by atoms with Crippen molar-refractivity contribution in [3.8, 4) is 0 Å². The van der Waals surface area contributed by atoms with E-state index in [4.69, 9.17) is 68.9 Å². The predicted octanol–water partition coefficient (Wildman–Crippen LogP) is 11.7. The van der Waals surface area contributed by atoms with Crippen molar-refractivity contribution in [2.75, 3.05) is 19.8 Å². The molecule has 9 saturated heterocycles. The highest BCUT2D eigenvalue weighted by atomic mass is 16.6. The second-order valence-electron chi connectivity index (χ2n) is 23.8. The van der Waals surface area contributed by atoms with Gasteiger partial charge in [-0.15, -0.1) is 0 Å². The average Bonchev–Trinajstić information content (AvgIpc) is 4.17. The average molecular weight is 1070 g/mol. The molecule has 2 N–H and O–H groups in total. The summed E-state index contributed by atoms with van der Waals surface area (Å²) in [5, 5.41) is 19.5. The maximum atomic E-state index is 9.78. The highest BCUT2D eigenvalue weighted by Gasteiger charge is 2.58. The highest BCUT2D eigenvalue weighted by Crippen LogP contribution is 2.49. The van der Waals surface area contributed by atoms with Gasteiger partial charge in [0.2, 0.25) is 24.2 Å². The molecular formula is C61H100N4O11. The van der Waals surface area contributed by atoms with Gasteiger partial charge in [0.05, 0.1) is 105 Å². The molecule has 21 atom stereocenters. The number of rotatable bonds is 16. The van der Waals surface area contributed by atoms with Crippen LogP contribution < -0.4 is 0 Å². The number of hydrogen-bond donors (Lipinski definition) is 2. The van der Waals surface area contributed by atoms with Gasteiger partial charge in [-0.25, -0.2) is 26.3 Å². The van der Waals surface area contributed by atoms with Crippen molar-refractivity contribution in [1.82, 2.24) is 0 Å². The van der Waals surface area contributed by atoms with Crippen LogP contribution in [0.3, 0.4) is 0 Å². The first-order chi connectivity index (χ1) is 36.0. The number of fused-ring (bicyclic) bond motifs is 4. The molecule has 4 unspecified atom stereocenters. The van der Waals surface area contributed by atoms with Crippen molar-refractivity contribution in [2.45, 2.75) is 331 Å². The highest BCUT2D eigenvalue weighted by molar-refractivity contribution is 5.08. The number of hydrogen-bond acceptors (Lipinski definition) is 11. The fraction of sp³-hybridized carbons (Fsp3) is 0.902. The largest absolute Gasteiger partial charge is 0.393 e. The molecule has 9 rings (SSSR count). The lowest BCUT2D eigenvalue weighted by Gasteiger charge is -2.43. The van der Waals surface area contributed by atoms with Crippen LogP contribution in [0.1, 0.15) is 205 Å². The van der Waals surface area contributed by atoms with Gasteiger partial charge in [-0.2, -0.15) is 0 Å². The second kappa shape index (κ2) is 29.6. The van der Waals surface area contributed by atoms with E-state index in [9.17, 15) is 10.2 Å². The van der Waals surface area contributed by atoms with E-state index in [1.165, 1.54) is 6.42 Å². The molecule has 9 aliphatic heterocycles. The molecule has 0 aromatic heterocycles. The lowest BCUT2D eigenvalue weighted by molar-refractivity contribution is -0.190. The van der Waals surface area contributed by atoms with Crippen molar-refractivity contribution in [3.05, 3.63) is 57.8 Å². The SMILES string of the molecule is C.[C-]#[N+][C@H](C)C[C@H]1CC[C@@H]2OC(/C=C/C)C[C@]2(CO)O1.[C-]#[N+][C@H](C)C[C@H]1CC[C@@H]2OC(CCC)C[C@]2(CC)O1.[C-]#[N+][C@H](C)C[C@H]1CC[C@@H]2OC(CCC)C[C@]2(CO)O1.[C-]#[N+][C@H](C)C[C@H]1CC[C@@H]2O[C@@H]3C[C@]2(COC3C)O1. The second-order valence-corrected chi connectivity index (χ2v) is 23.8. The van der Waals surface area contributed by atoms with E-state index >= 15 is 0 Å². The van der Waals surface area contributed by atoms with Crippen LogP contribution in [0.4, 0.5) is 0 Å². The minimum absolute atomic E-state index is 0. The van der Waals surface area contributed by atoms with Crippen LogP contribution >= 0.6 is 0 Å². The van der Waals surface area contributed by atoms with E-state index < -0.39 is 11.2 Å². The van der Waals surface area contributed by atoms with Crippen molar-refractivity contribution in [2.24, 2.45) is 0 Å². The molecule has 76 heavy (non-hydrogen) atoms. The Hall–Kier alpha value is -2.74. The van der Waals surface area contributed by atoms with Gasteiger partial charge in [-0.3, -0.25) is 0 Å². The molecule has 0 amide bonds. The molecule has 0 aromatic rings. The number of aliphatic hydroxyl groups excluding tert-OH is 2. The maximum absolute atomic E-state index is 9.78. The van der Waals surface area contributed by atoms with Crippen LogP contribution in [-0.2, 0) is 42.6 Å². The summed E-state index contributed by atoms with van der Waals surface area (Å²) < 4.78 is 55.1. The first kappa shape index (κ1) is 64.1. The fourth-order valence-electron chi connectivity index (χ4n) is 13.7. The zero-order valence-electron chi connectivity index (χ0n) is 47.3. The van der Waals surface area contributed by atoms with Crippen molar-refractivity contribution < 1.29 is 52.8 Å². The number of aliphatic hydroxyl groups is 2. The predicted molar refractivity (Wildman–Crippen MR) is 294 cm³/mol. The van der Waals surface area contributed by atoms with E-state index in [2.05, 4.69) is 47.1 Å². The summed E-state index contributed by atoms with van der Waals surface area (Å²) in [4.78, 5) is 14.2. The third kappa shape index (κ3) is 15.8. The standard InChI is InChI=1S/C16H27NO2.C15H25NO3.C15H23NO3.C14H21NO3.CH4/c1-5-7-14-11-16(6-2)15(18-14)9-8-13(19-16)10-12(3)17-4;2*1-4-5-13-9-15(10-17)14(18-13)7-6-12(19-15)8-11(2)16-3;1-9(15-3)6-11-4-5-13-14(18-11)7-12(17-13)10(2)16-8-14;/h12-15H,5-11H2,1-3H3;11-14,17H,4-10H2,1-2H3;4-5,11-14,17H,6-10H2,1-2H3;9-13H,4-8H2,1-2H3;1H4/b;;5-4+;;/t12-,13-,14?,15+,16+;2*11-,12-,13?,14+,15-;9-,10?,11-,12-,13+,14-;/m1111./s1. The summed E-state index contributed by atoms with van der Waals surface area (Å²) in [6.45, 7) is 47.4. The molecular weight excluding hydrogens is 965 g/mol. The van der Waals surface area contributed by atoms with Crippen LogP contribution in [0, 0.1) is 26.3 Å². The van der Waals surface area contributed by atoms with Crippen molar-refractivity contribution >= 4 is 0 Å². The molecule has 15 nitrogen and oxygen atoms in total. The fourth-order valence-corrected chi connectivity index (χ4v) is 13.7. The zero-order chi connectivity index (χ0) is 54.4. The first-order valence-corrected chi connectivity index (χ1v) is 29.3. The summed E-state index contributed by atoms with van der Waals surface area (Å²) in [6, 6.07) is 0.0886. The van der Waals surface area contributed by atoms with Gasteiger partial charge in [0, 0.05) is 79.1 Å². The summed E-state index contributed by atoms with van der Waals surface area (Å²) in [6.07, 6.45) is 26.2. The Balaban J connectivity index is 0.000000186. The summed E-state index contributed by atoms with van der Waals surface area (Å²) >= 11 is 0. The van der Waals surface area contributed by atoms with Gasteiger partial charge < -0.3 is 72.2 Å². The molecule has 0 radical (unpaired) electrons. The van der Waals surface area contributed by atoms with E-state index in [1.807, 2.05) is 46.8 Å². The molecule has 9 aliphatic rings. The van der Waals surface area contributed by atoms with E-state index in [1.54, 1.807) is 0 Å². The third-order valence-corrected chi connectivity index (χ3v) is 17.8. The van der Waals surface area contributed by atoms with Crippen molar-refractivity contribution in [3.63, 3.8) is 0 Å². The Morgan fingerprint density at radius 1 is 0.526 bits per heavy atom. The van der Waals surface area contributed by atoms with Gasteiger partial charge in [0.25, 0.3) is 0 Å². The van der Waals surface area contributed by atoms with Gasteiger partial charge in [0.15, 0.2) is 0 Å². The monoisotopic (exact) mass is 1060 g/mol. The molecule has 15 heteroatoms. The summed E-state index contributed by atoms with van der Waals surface area (Å²) in [5.74, 6) is 0. The minimum atomic E-state index is -0.561.